The highest BCUT2D eigenvalue weighted by molar-refractivity contribution is 7.13. The molecule has 0 fully saturated rings. The van der Waals surface area contributed by atoms with Crippen LogP contribution in [0.3, 0.4) is 0 Å². The molecule has 0 aliphatic rings. The molecule has 0 saturated heterocycles. The summed E-state index contributed by atoms with van der Waals surface area (Å²) in [5.74, 6) is 0. The van der Waals surface area contributed by atoms with E-state index in [-0.39, 0.29) is 12.1 Å². The number of rotatable bonds is 6. The number of aromatic nitrogens is 1. The summed E-state index contributed by atoms with van der Waals surface area (Å²) in [5, 5.41) is 7.32. The largest absolute Gasteiger partial charge is 0.344 e. The molecule has 5 heteroatoms. The Labute approximate surface area is 136 Å². The first-order chi connectivity index (χ1) is 10.0. The van der Waals surface area contributed by atoms with Gasteiger partial charge in [0.15, 0.2) is 5.13 Å². The van der Waals surface area contributed by atoms with Crippen molar-refractivity contribution in [2.75, 3.05) is 18.5 Å². The smallest absolute Gasteiger partial charge is 0.185 e. The van der Waals surface area contributed by atoms with Crippen LogP contribution in [0.4, 0.5) is 5.13 Å². The molecule has 1 aromatic carbocycles. The highest BCUT2D eigenvalue weighted by Crippen LogP contribution is 2.30. The molecule has 0 amide bonds. The SMILES string of the molecule is CCNC(C)c1csc(N(C)C(C)c2cccc(Cl)c2)n1. The summed E-state index contributed by atoms with van der Waals surface area (Å²) in [5.41, 5.74) is 2.29. The summed E-state index contributed by atoms with van der Waals surface area (Å²) in [7, 11) is 2.08. The van der Waals surface area contributed by atoms with Crippen LogP contribution >= 0.6 is 22.9 Å². The zero-order valence-corrected chi connectivity index (χ0v) is 14.5. The number of halogens is 1. The van der Waals surface area contributed by atoms with Crippen molar-refractivity contribution in [3.63, 3.8) is 0 Å². The van der Waals surface area contributed by atoms with Crippen molar-refractivity contribution in [3.8, 4) is 0 Å². The van der Waals surface area contributed by atoms with Gasteiger partial charge in [0, 0.05) is 23.5 Å². The topological polar surface area (TPSA) is 28.2 Å². The Morgan fingerprint density at radius 2 is 2.14 bits per heavy atom. The fraction of sp³-hybridized carbons (Fsp3) is 0.438. The van der Waals surface area contributed by atoms with E-state index in [4.69, 9.17) is 16.6 Å². The number of thiazole rings is 1. The van der Waals surface area contributed by atoms with E-state index in [1.807, 2.05) is 18.2 Å². The van der Waals surface area contributed by atoms with Gasteiger partial charge in [0.05, 0.1) is 11.7 Å². The van der Waals surface area contributed by atoms with E-state index in [9.17, 15) is 0 Å². The van der Waals surface area contributed by atoms with Crippen LogP contribution in [0.25, 0.3) is 0 Å². The minimum absolute atomic E-state index is 0.233. The lowest BCUT2D eigenvalue weighted by molar-refractivity contribution is 0.585. The van der Waals surface area contributed by atoms with Crippen LogP contribution in [0.2, 0.25) is 5.02 Å². The molecule has 2 unspecified atom stereocenters. The van der Waals surface area contributed by atoms with E-state index in [1.54, 1.807) is 11.3 Å². The third kappa shape index (κ3) is 3.96. The molecule has 114 valence electrons. The first-order valence-electron chi connectivity index (χ1n) is 7.20. The lowest BCUT2D eigenvalue weighted by Crippen LogP contribution is -2.22. The molecule has 0 aliphatic carbocycles. The van der Waals surface area contributed by atoms with Crippen molar-refractivity contribution >= 4 is 28.1 Å². The fourth-order valence-corrected chi connectivity index (χ4v) is 3.37. The Bertz CT molecular complexity index is 584. The number of hydrogen-bond acceptors (Lipinski definition) is 4. The van der Waals surface area contributed by atoms with Gasteiger partial charge in [-0.3, -0.25) is 0 Å². The van der Waals surface area contributed by atoms with Crippen LogP contribution in [-0.4, -0.2) is 18.6 Å². The molecule has 1 N–H and O–H groups in total. The van der Waals surface area contributed by atoms with E-state index in [1.165, 1.54) is 5.56 Å². The Morgan fingerprint density at radius 1 is 1.38 bits per heavy atom. The normalized spacial score (nSPS) is 14.0. The van der Waals surface area contributed by atoms with E-state index >= 15 is 0 Å². The molecule has 1 aromatic heterocycles. The Kier molecular flexibility index (Phi) is 5.62. The third-order valence-corrected chi connectivity index (χ3v) is 4.86. The van der Waals surface area contributed by atoms with Crippen molar-refractivity contribution in [1.82, 2.24) is 10.3 Å². The predicted molar refractivity (Wildman–Crippen MR) is 92.5 cm³/mol. The van der Waals surface area contributed by atoms with Crippen LogP contribution in [0.1, 0.15) is 44.1 Å². The Hall–Kier alpha value is -1.10. The highest BCUT2D eigenvalue weighted by Gasteiger charge is 2.17. The maximum atomic E-state index is 6.08. The standard InChI is InChI=1S/C16H22ClN3S/c1-5-18-11(2)15-10-21-16(19-15)20(4)12(3)13-7-6-8-14(17)9-13/h6-12,18H,5H2,1-4H3. The van der Waals surface area contributed by atoms with Crippen molar-refractivity contribution in [3.05, 3.63) is 45.9 Å². The first kappa shape index (κ1) is 16.3. The maximum absolute atomic E-state index is 6.08. The highest BCUT2D eigenvalue weighted by atomic mass is 35.5. The summed E-state index contributed by atoms with van der Waals surface area (Å²) >= 11 is 7.76. The van der Waals surface area contributed by atoms with Gasteiger partial charge in [-0.1, -0.05) is 30.7 Å². The van der Waals surface area contributed by atoms with E-state index in [0.29, 0.717) is 0 Å². The lowest BCUT2D eigenvalue weighted by atomic mass is 10.1. The van der Waals surface area contributed by atoms with Crippen molar-refractivity contribution in [1.29, 1.82) is 0 Å². The molecule has 0 radical (unpaired) electrons. The van der Waals surface area contributed by atoms with Gasteiger partial charge in [0.25, 0.3) is 0 Å². The molecule has 2 rings (SSSR count). The summed E-state index contributed by atoms with van der Waals surface area (Å²) in [6.45, 7) is 7.36. The van der Waals surface area contributed by atoms with E-state index < -0.39 is 0 Å². The monoisotopic (exact) mass is 323 g/mol. The average molecular weight is 324 g/mol. The van der Waals surface area contributed by atoms with Gasteiger partial charge in [0.1, 0.15) is 0 Å². The summed E-state index contributed by atoms with van der Waals surface area (Å²) in [6.07, 6.45) is 0. The molecule has 3 nitrogen and oxygen atoms in total. The second-order valence-corrected chi connectivity index (χ2v) is 6.45. The van der Waals surface area contributed by atoms with E-state index in [2.05, 4.69) is 49.5 Å². The predicted octanol–water partition coefficient (Wildman–Crippen LogP) is 4.66. The molecular formula is C16H22ClN3S. The summed E-state index contributed by atoms with van der Waals surface area (Å²) < 4.78 is 0. The molecule has 1 heterocycles. The molecule has 0 spiro atoms. The van der Waals surface area contributed by atoms with Crippen LogP contribution in [0.15, 0.2) is 29.6 Å². The van der Waals surface area contributed by atoms with Gasteiger partial charge in [-0.15, -0.1) is 11.3 Å². The van der Waals surface area contributed by atoms with E-state index in [0.717, 1.165) is 22.4 Å². The van der Waals surface area contributed by atoms with Crippen LogP contribution in [0, 0.1) is 0 Å². The average Bonchev–Trinajstić information content (AvgIpc) is 2.96. The molecule has 0 bridgehead atoms. The molecule has 0 aliphatic heterocycles. The fourth-order valence-electron chi connectivity index (χ4n) is 2.20. The Balaban J connectivity index is 2.14. The van der Waals surface area contributed by atoms with Gasteiger partial charge in [0.2, 0.25) is 0 Å². The van der Waals surface area contributed by atoms with Gasteiger partial charge in [-0.05, 0) is 38.1 Å². The summed E-state index contributed by atoms with van der Waals surface area (Å²) in [4.78, 5) is 6.94. The second kappa shape index (κ2) is 7.25. The van der Waals surface area contributed by atoms with Crippen LogP contribution in [0.5, 0.6) is 0 Å². The van der Waals surface area contributed by atoms with Crippen molar-refractivity contribution < 1.29 is 0 Å². The number of hydrogen-bond donors (Lipinski definition) is 1. The summed E-state index contributed by atoms with van der Waals surface area (Å²) in [6, 6.07) is 8.52. The molecule has 2 atom stereocenters. The van der Waals surface area contributed by atoms with Gasteiger partial charge in [-0.25, -0.2) is 4.98 Å². The number of nitrogens with one attached hydrogen (secondary N) is 1. The number of benzene rings is 1. The maximum Gasteiger partial charge on any atom is 0.185 e. The lowest BCUT2D eigenvalue weighted by Gasteiger charge is -2.25. The molecule has 2 aromatic rings. The number of anilines is 1. The number of nitrogens with zero attached hydrogens (tertiary/aromatic N) is 2. The third-order valence-electron chi connectivity index (χ3n) is 3.68. The molecule has 21 heavy (non-hydrogen) atoms. The van der Waals surface area contributed by atoms with Crippen molar-refractivity contribution in [2.24, 2.45) is 0 Å². The molecular weight excluding hydrogens is 302 g/mol. The Morgan fingerprint density at radius 3 is 2.81 bits per heavy atom. The molecule has 0 saturated carbocycles. The van der Waals surface area contributed by atoms with Gasteiger partial charge >= 0.3 is 0 Å². The van der Waals surface area contributed by atoms with Crippen molar-refractivity contribution in [2.45, 2.75) is 32.9 Å². The first-order valence-corrected chi connectivity index (χ1v) is 8.45. The minimum atomic E-state index is 0.233. The van der Waals surface area contributed by atoms with Gasteiger partial charge < -0.3 is 10.2 Å². The van der Waals surface area contributed by atoms with Gasteiger partial charge in [-0.2, -0.15) is 0 Å². The van der Waals surface area contributed by atoms with Crippen LogP contribution < -0.4 is 10.2 Å². The quantitative estimate of drug-likeness (QED) is 0.837. The van der Waals surface area contributed by atoms with Crippen LogP contribution in [-0.2, 0) is 0 Å². The zero-order valence-electron chi connectivity index (χ0n) is 12.9. The minimum Gasteiger partial charge on any atom is -0.344 e. The second-order valence-electron chi connectivity index (χ2n) is 5.18. The zero-order chi connectivity index (χ0) is 15.4.